The number of imidazole rings is 1. The number of aryl methyl sites for hydroxylation is 1. The first-order valence-corrected chi connectivity index (χ1v) is 8.47. The van der Waals surface area contributed by atoms with Gasteiger partial charge < -0.3 is 19.9 Å². The molecule has 25 heavy (non-hydrogen) atoms. The molecule has 1 aliphatic heterocycles. The summed E-state index contributed by atoms with van der Waals surface area (Å²) < 4.78 is 7.24. The van der Waals surface area contributed by atoms with E-state index < -0.39 is 12.0 Å². The zero-order chi connectivity index (χ0) is 18.0. The van der Waals surface area contributed by atoms with Gasteiger partial charge in [0.15, 0.2) is 0 Å². The number of urea groups is 1. The van der Waals surface area contributed by atoms with E-state index in [2.05, 4.69) is 22.1 Å². The van der Waals surface area contributed by atoms with Gasteiger partial charge in [-0.1, -0.05) is 19.1 Å². The second-order valence-corrected chi connectivity index (χ2v) is 5.90. The highest BCUT2D eigenvalue weighted by molar-refractivity contribution is 5.95. The first-order valence-electron chi connectivity index (χ1n) is 8.47. The van der Waals surface area contributed by atoms with Crippen molar-refractivity contribution < 1.29 is 14.3 Å². The lowest BCUT2D eigenvalue weighted by Gasteiger charge is -2.27. The van der Waals surface area contributed by atoms with Crippen LogP contribution < -0.4 is 10.6 Å². The van der Waals surface area contributed by atoms with E-state index in [4.69, 9.17) is 9.72 Å². The molecule has 1 atom stereocenters. The highest BCUT2D eigenvalue weighted by Crippen LogP contribution is 2.30. The lowest BCUT2D eigenvalue weighted by molar-refractivity contribution is -0.139. The Hall–Kier alpha value is -2.83. The SMILES string of the molecule is CCCn1c([C@@H]2NC(=O)NC(C)=C2C(=O)OCC)nc2ccccc21. The van der Waals surface area contributed by atoms with Crippen molar-refractivity contribution in [2.45, 2.75) is 39.8 Å². The van der Waals surface area contributed by atoms with E-state index >= 15 is 0 Å². The average molecular weight is 342 g/mol. The molecule has 0 radical (unpaired) electrons. The monoisotopic (exact) mass is 342 g/mol. The molecule has 1 aromatic carbocycles. The molecule has 3 rings (SSSR count). The maximum absolute atomic E-state index is 12.5. The van der Waals surface area contributed by atoms with Gasteiger partial charge in [0.2, 0.25) is 0 Å². The molecule has 132 valence electrons. The van der Waals surface area contributed by atoms with Crippen LogP contribution in [0.4, 0.5) is 4.79 Å². The summed E-state index contributed by atoms with van der Waals surface area (Å²) in [6.07, 6.45) is 0.906. The Labute approximate surface area is 146 Å². The highest BCUT2D eigenvalue weighted by atomic mass is 16.5. The van der Waals surface area contributed by atoms with Gasteiger partial charge in [0.1, 0.15) is 11.9 Å². The zero-order valence-corrected chi connectivity index (χ0v) is 14.6. The number of carbonyl (C=O) groups excluding carboxylic acids is 2. The number of nitrogens with zero attached hydrogens (tertiary/aromatic N) is 2. The maximum Gasteiger partial charge on any atom is 0.338 e. The van der Waals surface area contributed by atoms with Crippen LogP contribution in [0.2, 0.25) is 0 Å². The summed E-state index contributed by atoms with van der Waals surface area (Å²) in [6.45, 7) is 6.54. The lowest BCUT2D eigenvalue weighted by Crippen LogP contribution is -2.46. The van der Waals surface area contributed by atoms with E-state index in [9.17, 15) is 9.59 Å². The second-order valence-electron chi connectivity index (χ2n) is 5.90. The van der Waals surface area contributed by atoms with E-state index in [1.165, 1.54) is 0 Å². The first kappa shape index (κ1) is 17.0. The number of hydrogen-bond donors (Lipinski definition) is 2. The van der Waals surface area contributed by atoms with Gasteiger partial charge in [0, 0.05) is 12.2 Å². The molecule has 0 unspecified atom stereocenters. The number of amides is 2. The number of esters is 1. The topological polar surface area (TPSA) is 85.2 Å². The van der Waals surface area contributed by atoms with Crippen molar-refractivity contribution in [2.75, 3.05) is 6.61 Å². The van der Waals surface area contributed by atoms with Gasteiger partial charge >= 0.3 is 12.0 Å². The number of carbonyl (C=O) groups is 2. The van der Waals surface area contributed by atoms with Crippen molar-refractivity contribution >= 4 is 23.0 Å². The Balaban J connectivity index is 2.16. The summed E-state index contributed by atoms with van der Waals surface area (Å²) in [6, 6.07) is 6.79. The Morgan fingerprint density at radius 1 is 1.32 bits per heavy atom. The van der Waals surface area contributed by atoms with E-state index in [0.717, 1.165) is 24.0 Å². The zero-order valence-electron chi connectivity index (χ0n) is 14.6. The summed E-state index contributed by atoms with van der Waals surface area (Å²) in [5, 5.41) is 5.47. The molecule has 0 aliphatic carbocycles. The number of hydrogen-bond acceptors (Lipinski definition) is 4. The third kappa shape index (κ3) is 3.09. The van der Waals surface area contributed by atoms with Gasteiger partial charge in [-0.3, -0.25) is 0 Å². The molecule has 1 aliphatic rings. The van der Waals surface area contributed by atoms with Crippen molar-refractivity contribution in [1.82, 2.24) is 20.2 Å². The van der Waals surface area contributed by atoms with Crippen LogP contribution in [0.3, 0.4) is 0 Å². The summed E-state index contributed by atoms with van der Waals surface area (Å²) in [4.78, 5) is 29.2. The summed E-state index contributed by atoms with van der Waals surface area (Å²) >= 11 is 0. The molecule has 0 bridgehead atoms. The molecule has 0 fully saturated rings. The standard InChI is InChI=1S/C18H22N4O3/c1-4-10-22-13-9-7-6-8-12(13)20-16(22)15-14(17(23)25-5-2)11(3)19-18(24)21-15/h6-9,15H,4-5,10H2,1-3H3,(H2,19,21,24)/t15-/m1/s1. The van der Waals surface area contributed by atoms with E-state index in [0.29, 0.717) is 17.1 Å². The fourth-order valence-electron chi connectivity index (χ4n) is 3.14. The number of nitrogens with one attached hydrogen (secondary N) is 2. The number of ether oxygens (including phenoxy) is 1. The van der Waals surface area contributed by atoms with Gasteiger partial charge in [-0.2, -0.15) is 0 Å². The molecule has 7 heteroatoms. The Morgan fingerprint density at radius 2 is 2.08 bits per heavy atom. The maximum atomic E-state index is 12.5. The number of aromatic nitrogens is 2. The van der Waals surface area contributed by atoms with Crippen LogP contribution in [0.25, 0.3) is 11.0 Å². The Kier molecular flexibility index (Phi) is 4.74. The van der Waals surface area contributed by atoms with Crippen LogP contribution in [0, 0.1) is 0 Å². The quantitative estimate of drug-likeness (QED) is 0.818. The van der Waals surface area contributed by atoms with Crippen LogP contribution in [-0.2, 0) is 16.1 Å². The molecule has 2 aromatic rings. The summed E-state index contributed by atoms with van der Waals surface area (Å²) in [5.41, 5.74) is 2.68. The van der Waals surface area contributed by atoms with Gasteiger partial charge in [0.05, 0.1) is 23.2 Å². The van der Waals surface area contributed by atoms with E-state index in [1.54, 1.807) is 13.8 Å². The van der Waals surface area contributed by atoms with Crippen molar-refractivity contribution in [2.24, 2.45) is 0 Å². The fraction of sp³-hybridized carbons (Fsp3) is 0.389. The highest BCUT2D eigenvalue weighted by Gasteiger charge is 2.35. The second kappa shape index (κ2) is 6.96. The minimum absolute atomic E-state index is 0.266. The third-order valence-corrected chi connectivity index (χ3v) is 4.15. The minimum atomic E-state index is -0.647. The fourth-order valence-corrected chi connectivity index (χ4v) is 3.14. The lowest BCUT2D eigenvalue weighted by atomic mass is 10.0. The third-order valence-electron chi connectivity index (χ3n) is 4.15. The predicted molar refractivity (Wildman–Crippen MR) is 93.8 cm³/mol. The van der Waals surface area contributed by atoms with Crippen LogP contribution in [0.15, 0.2) is 35.5 Å². The largest absolute Gasteiger partial charge is 0.463 e. The van der Waals surface area contributed by atoms with Crippen molar-refractivity contribution in [1.29, 1.82) is 0 Å². The van der Waals surface area contributed by atoms with Crippen molar-refractivity contribution in [3.63, 3.8) is 0 Å². The number of allylic oxidation sites excluding steroid dienone is 1. The predicted octanol–water partition coefficient (Wildman–Crippen LogP) is 2.64. The van der Waals surface area contributed by atoms with E-state index in [1.807, 2.05) is 24.3 Å². The van der Waals surface area contributed by atoms with Gasteiger partial charge in [-0.05, 0) is 32.4 Å². The van der Waals surface area contributed by atoms with Gasteiger partial charge in [0.25, 0.3) is 0 Å². The Morgan fingerprint density at radius 3 is 2.80 bits per heavy atom. The molecule has 2 amide bonds. The molecule has 2 N–H and O–H groups in total. The number of para-hydroxylation sites is 2. The minimum Gasteiger partial charge on any atom is -0.463 e. The number of rotatable bonds is 5. The number of fused-ring (bicyclic) bond motifs is 1. The van der Waals surface area contributed by atoms with Gasteiger partial charge in [-0.25, -0.2) is 14.6 Å². The molecule has 2 heterocycles. The average Bonchev–Trinajstić information content (AvgIpc) is 2.93. The van der Waals surface area contributed by atoms with Crippen molar-refractivity contribution in [3.8, 4) is 0 Å². The molecular weight excluding hydrogens is 320 g/mol. The molecule has 7 nitrogen and oxygen atoms in total. The summed E-state index contributed by atoms with van der Waals surface area (Å²) in [7, 11) is 0. The number of benzene rings is 1. The smallest absolute Gasteiger partial charge is 0.338 e. The van der Waals surface area contributed by atoms with Crippen LogP contribution >= 0.6 is 0 Å². The van der Waals surface area contributed by atoms with Crippen LogP contribution in [0.1, 0.15) is 39.1 Å². The van der Waals surface area contributed by atoms with E-state index in [-0.39, 0.29) is 12.6 Å². The van der Waals surface area contributed by atoms with Crippen LogP contribution in [0.5, 0.6) is 0 Å². The molecule has 0 saturated carbocycles. The molecule has 1 aromatic heterocycles. The molecule has 0 spiro atoms. The molecular formula is C18H22N4O3. The summed E-state index contributed by atoms with van der Waals surface area (Å²) in [5.74, 6) is 0.188. The Bertz CT molecular complexity index is 853. The first-order chi connectivity index (χ1) is 12.1. The van der Waals surface area contributed by atoms with Crippen LogP contribution in [-0.4, -0.2) is 28.2 Å². The van der Waals surface area contributed by atoms with Gasteiger partial charge in [-0.15, -0.1) is 0 Å². The van der Waals surface area contributed by atoms with Crippen molar-refractivity contribution in [3.05, 3.63) is 41.4 Å². The molecule has 0 saturated heterocycles. The normalized spacial score (nSPS) is 17.4.